The number of halogens is 1. The summed E-state index contributed by atoms with van der Waals surface area (Å²) in [5.41, 5.74) is 1.95. The second-order valence-corrected chi connectivity index (χ2v) is 8.48. The molecule has 3 rings (SSSR count). The number of amides is 2. The van der Waals surface area contributed by atoms with Crippen LogP contribution in [0.5, 0.6) is 0 Å². The summed E-state index contributed by atoms with van der Waals surface area (Å²) < 4.78 is 1.09. The molecule has 0 radical (unpaired) electrons. The van der Waals surface area contributed by atoms with Crippen LogP contribution in [0.25, 0.3) is 0 Å². The molecule has 2 aromatic rings. The van der Waals surface area contributed by atoms with E-state index in [0.29, 0.717) is 11.5 Å². The molecule has 1 fully saturated rings. The zero-order valence-corrected chi connectivity index (χ0v) is 18.0. The Bertz CT molecular complexity index is 799. The van der Waals surface area contributed by atoms with Gasteiger partial charge >= 0.3 is 0 Å². The van der Waals surface area contributed by atoms with Crippen molar-refractivity contribution < 1.29 is 9.59 Å². The highest BCUT2D eigenvalue weighted by Crippen LogP contribution is 2.29. The first kappa shape index (κ1) is 20.6. The van der Waals surface area contributed by atoms with Crippen molar-refractivity contribution in [2.24, 2.45) is 5.92 Å². The van der Waals surface area contributed by atoms with E-state index < -0.39 is 0 Å². The molecule has 0 aliphatic carbocycles. The molecule has 2 atom stereocenters. The molecule has 4 nitrogen and oxygen atoms in total. The van der Waals surface area contributed by atoms with E-state index in [0.717, 1.165) is 30.4 Å². The second-order valence-electron chi connectivity index (χ2n) is 7.57. The van der Waals surface area contributed by atoms with Gasteiger partial charge in [-0.1, -0.05) is 53.2 Å². The predicted molar refractivity (Wildman–Crippen MR) is 115 cm³/mol. The van der Waals surface area contributed by atoms with Crippen LogP contribution in [-0.4, -0.2) is 35.8 Å². The maximum atomic E-state index is 12.9. The van der Waals surface area contributed by atoms with Gasteiger partial charge < -0.3 is 10.2 Å². The first-order valence-electron chi connectivity index (χ1n) is 9.86. The van der Waals surface area contributed by atoms with Gasteiger partial charge in [0.25, 0.3) is 5.91 Å². The number of nitrogens with zero attached hydrogens (tertiary/aromatic N) is 1. The van der Waals surface area contributed by atoms with Gasteiger partial charge in [0.1, 0.15) is 0 Å². The van der Waals surface area contributed by atoms with Gasteiger partial charge in [0.15, 0.2) is 0 Å². The van der Waals surface area contributed by atoms with E-state index in [2.05, 4.69) is 45.5 Å². The minimum Gasteiger partial charge on any atom is -0.349 e. The minimum absolute atomic E-state index is 0.120. The number of nitrogens with one attached hydrogen (secondary N) is 1. The fourth-order valence-corrected chi connectivity index (χ4v) is 3.94. The largest absolute Gasteiger partial charge is 0.349 e. The third kappa shape index (κ3) is 5.02. The molecule has 0 bridgehead atoms. The van der Waals surface area contributed by atoms with Gasteiger partial charge in [0.05, 0.1) is 5.92 Å². The Morgan fingerprint density at radius 1 is 1.00 bits per heavy atom. The Kier molecular flexibility index (Phi) is 6.89. The number of benzene rings is 2. The molecule has 0 saturated carbocycles. The molecule has 1 N–H and O–H groups in total. The molecule has 0 spiro atoms. The Hall–Kier alpha value is -2.14. The predicted octanol–water partition coefficient (Wildman–Crippen LogP) is 4.61. The summed E-state index contributed by atoms with van der Waals surface area (Å²) in [6.45, 7) is 5.34. The topological polar surface area (TPSA) is 49.4 Å². The van der Waals surface area contributed by atoms with Crippen LogP contribution < -0.4 is 5.32 Å². The summed E-state index contributed by atoms with van der Waals surface area (Å²) in [5.74, 6) is 0.233. The Morgan fingerprint density at radius 3 is 2.21 bits per heavy atom. The van der Waals surface area contributed by atoms with Crippen molar-refractivity contribution >= 4 is 27.7 Å². The SMILES string of the molecule is CC(NC(=O)c1ccccc1)C(C)C(=O)N1CCC(c2ccc(Br)cc2)CC1. The number of carbonyl (C=O) groups excluding carboxylic acids is 2. The molecule has 148 valence electrons. The summed E-state index contributed by atoms with van der Waals surface area (Å²) in [6.07, 6.45) is 1.95. The normalized spacial score (nSPS) is 17.0. The Morgan fingerprint density at radius 2 is 1.61 bits per heavy atom. The number of rotatable bonds is 5. The van der Waals surface area contributed by atoms with Crippen LogP contribution >= 0.6 is 15.9 Å². The number of likely N-dealkylation sites (tertiary alicyclic amines) is 1. The first-order chi connectivity index (χ1) is 13.5. The lowest BCUT2D eigenvalue weighted by Gasteiger charge is -2.35. The molecule has 1 saturated heterocycles. The summed E-state index contributed by atoms with van der Waals surface area (Å²) >= 11 is 3.48. The van der Waals surface area contributed by atoms with Crippen LogP contribution in [0.15, 0.2) is 59.1 Å². The maximum Gasteiger partial charge on any atom is 0.251 e. The quantitative estimate of drug-likeness (QED) is 0.734. The lowest BCUT2D eigenvalue weighted by molar-refractivity contribution is -0.136. The standard InChI is InChI=1S/C23H27BrN2O2/c1-16(17(2)25-22(27)20-6-4-3-5-7-20)23(28)26-14-12-19(13-15-26)18-8-10-21(24)11-9-18/h3-11,16-17,19H,12-15H2,1-2H3,(H,25,27). The molecule has 2 aromatic carbocycles. The van der Waals surface area contributed by atoms with Crippen molar-refractivity contribution in [1.82, 2.24) is 10.2 Å². The molecular weight excluding hydrogens is 416 g/mol. The summed E-state index contributed by atoms with van der Waals surface area (Å²) in [6, 6.07) is 17.4. The van der Waals surface area contributed by atoms with Crippen molar-refractivity contribution in [3.05, 3.63) is 70.2 Å². The first-order valence-corrected chi connectivity index (χ1v) is 10.6. The molecule has 2 unspecified atom stereocenters. The van der Waals surface area contributed by atoms with E-state index in [1.165, 1.54) is 5.56 Å². The second kappa shape index (κ2) is 9.37. The maximum absolute atomic E-state index is 12.9. The zero-order chi connectivity index (χ0) is 20.1. The summed E-state index contributed by atoms with van der Waals surface area (Å²) in [4.78, 5) is 27.2. The van der Waals surface area contributed by atoms with Gasteiger partial charge in [-0.05, 0) is 55.5 Å². The molecule has 0 aromatic heterocycles. The van der Waals surface area contributed by atoms with E-state index in [1.54, 1.807) is 12.1 Å². The fraction of sp³-hybridized carbons (Fsp3) is 0.391. The smallest absolute Gasteiger partial charge is 0.251 e. The van der Waals surface area contributed by atoms with Gasteiger partial charge in [0, 0.05) is 29.2 Å². The van der Waals surface area contributed by atoms with Gasteiger partial charge in [0.2, 0.25) is 5.91 Å². The van der Waals surface area contributed by atoms with Crippen LogP contribution in [0.1, 0.15) is 48.5 Å². The highest BCUT2D eigenvalue weighted by Gasteiger charge is 2.30. The minimum atomic E-state index is -0.253. The van der Waals surface area contributed by atoms with E-state index in [1.807, 2.05) is 36.9 Å². The van der Waals surface area contributed by atoms with Crippen molar-refractivity contribution in [2.45, 2.75) is 38.6 Å². The summed E-state index contributed by atoms with van der Waals surface area (Å²) in [5, 5.41) is 2.96. The van der Waals surface area contributed by atoms with Gasteiger partial charge in [-0.2, -0.15) is 0 Å². The highest BCUT2D eigenvalue weighted by molar-refractivity contribution is 9.10. The summed E-state index contributed by atoms with van der Waals surface area (Å²) in [7, 11) is 0. The Balaban J connectivity index is 1.52. The third-order valence-corrected chi connectivity index (χ3v) is 6.21. The van der Waals surface area contributed by atoms with Crippen LogP contribution in [0.2, 0.25) is 0 Å². The van der Waals surface area contributed by atoms with Crippen molar-refractivity contribution in [1.29, 1.82) is 0 Å². The molecular formula is C23H27BrN2O2. The van der Waals surface area contributed by atoms with E-state index >= 15 is 0 Å². The molecule has 5 heteroatoms. The molecule has 1 heterocycles. The number of hydrogen-bond acceptors (Lipinski definition) is 2. The van der Waals surface area contributed by atoms with E-state index in [-0.39, 0.29) is 23.8 Å². The van der Waals surface area contributed by atoms with Gasteiger partial charge in [-0.15, -0.1) is 0 Å². The molecule has 1 aliphatic rings. The van der Waals surface area contributed by atoms with Crippen LogP contribution in [0, 0.1) is 5.92 Å². The average Bonchev–Trinajstić information content (AvgIpc) is 2.74. The lowest BCUT2D eigenvalue weighted by atomic mass is 9.88. The average molecular weight is 443 g/mol. The number of piperidine rings is 1. The fourth-order valence-electron chi connectivity index (χ4n) is 3.67. The molecule has 1 aliphatic heterocycles. The molecule has 28 heavy (non-hydrogen) atoms. The monoisotopic (exact) mass is 442 g/mol. The van der Waals surface area contributed by atoms with Crippen molar-refractivity contribution in [3.63, 3.8) is 0 Å². The highest BCUT2D eigenvalue weighted by atomic mass is 79.9. The van der Waals surface area contributed by atoms with E-state index in [9.17, 15) is 9.59 Å². The van der Waals surface area contributed by atoms with Crippen molar-refractivity contribution in [3.8, 4) is 0 Å². The third-order valence-electron chi connectivity index (χ3n) is 5.68. The van der Waals surface area contributed by atoms with Crippen LogP contribution in [0.4, 0.5) is 0 Å². The van der Waals surface area contributed by atoms with Gasteiger partial charge in [-0.25, -0.2) is 0 Å². The Labute approximate surface area is 175 Å². The lowest BCUT2D eigenvalue weighted by Crippen LogP contribution is -2.47. The van der Waals surface area contributed by atoms with Gasteiger partial charge in [-0.3, -0.25) is 9.59 Å². The number of carbonyl (C=O) groups is 2. The zero-order valence-electron chi connectivity index (χ0n) is 16.4. The van der Waals surface area contributed by atoms with Crippen LogP contribution in [0.3, 0.4) is 0 Å². The van der Waals surface area contributed by atoms with Crippen LogP contribution in [-0.2, 0) is 4.79 Å². The molecule has 2 amide bonds. The number of hydrogen-bond donors (Lipinski definition) is 1. The van der Waals surface area contributed by atoms with Crippen molar-refractivity contribution in [2.75, 3.05) is 13.1 Å². The van der Waals surface area contributed by atoms with E-state index in [4.69, 9.17) is 0 Å².